The van der Waals surface area contributed by atoms with Crippen molar-refractivity contribution in [2.45, 2.75) is 44.8 Å². The van der Waals surface area contributed by atoms with Crippen LogP contribution in [-0.4, -0.2) is 34.8 Å². The summed E-state index contributed by atoms with van der Waals surface area (Å²) >= 11 is 0. The number of aliphatic hydroxyl groups is 1. The molecule has 0 spiro atoms. The molecule has 4 nitrogen and oxygen atoms in total. The van der Waals surface area contributed by atoms with Crippen molar-refractivity contribution in [3.8, 4) is 0 Å². The highest BCUT2D eigenvalue weighted by molar-refractivity contribution is 5.68. The van der Waals surface area contributed by atoms with E-state index in [1.54, 1.807) is 29.2 Å². The first-order valence-electron chi connectivity index (χ1n) is 9.82. The van der Waals surface area contributed by atoms with Crippen LogP contribution >= 0.6 is 0 Å². The molecule has 6 heteroatoms. The molecule has 29 heavy (non-hydrogen) atoms. The highest BCUT2D eigenvalue weighted by Crippen LogP contribution is 2.42. The topological polar surface area (TPSA) is 49.8 Å². The minimum Gasteiger partial charge on any atom is -0.444 e. The zero-order chi connectivity index (χ0) is 21.2. The molecule has 1 saturated heterocycles. The first-order valence-corrected chi connectivity index (χ1v) is 9.82. The van der Waals surface area contributed by atoms with Crippen molar-refractivity contribution in [3.63, 3.8) is 0 Å². The summed E-state index contributed by atoms with van der Waals surface area (Å²) in [5.74, 6) is -1.01. The van der Waals surface area contributed by atoms with E-state index in [9.17, 15) is 18.7 Å². The Balaban J connectivity index is 1.86. The summed E-state index contributed by atoms with van der Waals surface area (Å²) in [6.45, 7) is 6.33. The summed E-state index contributed by atoms with van der Waals surface area (Å²) in [5.41, 5.74) is -0.902. The summed E-state index contributed by atoms with van der Waals surface area (Å²) in [6, 6.07) is 11.4. The van der Waals surface area contributed by atoms with Crippen molar-refractivity contribution in [2.75, 3.05) is 13.1 Å². The fourth-order valence-corrected chi connectivity index (χ4v) is 3.85. The number of amides is 1. The van der Waals surface area contributed by atoms with Gasteiger partial charge in [-0.05, 0) is 74.9 Å². The van der Waals surface area contributed by atoms with E-state index in [1.165, 1.54) is 24.3 Å². The first-order chi connectivity index (χ1) is 13.6. The maximum atomic E-state index is 13.5. The lowest BCUT2D eigenvalue weighted by molar-refractivity contribution is -0.0238. The highest BCUT2D eigenvalue weighted by atomic mass is 19.1. The molecule has 2 aromatic rings. The summed E-state index contributed by atoms with van der Waals surface area (Å²) in [6.07, 6.45) is 0.692. The minimum atomic E-state index is -1.42. The smallest absolute Gasteiger partial charge is 0.410 e. The van der Waals surface area contributed by atoms with Crippen molar-refractivity contribution in [1.82, 2.24) is 4.90 Å². The van der Waals surface area contributed by atoms with E-state index >= 15 is 0 Å². The Labute approximate surface area is 170 Å². The van der Waals surface area contributed by atoms with E-state index in [0.717, 1.165) is 0 Å². The zero-order valence-corrected chi connectivity index (χ0v) is 17.0. The number of carbonyl (C=O) groups excluding carboxylic acids is 1. The lowest BCUT2D eigenvalue weighted by atomic mass is 9.72. The number of ether oxygens (including phenoxy) is 1. The third-order valence-electron chi connectivity index (χ3n) is 5.31. The number of hydrogen-bond acceptors (Lipinski definition) is 3. The van der Waals surface area contributed by atoms with Gasteiger partial charge in [0.05, 0.1) is 0 Å². The number of hydrogen-bond donors (Lipinski definition) is 1. The molecule has 0 bridgehead atoms. The van der Waals surface area contributed by atoms with E-state index in [4.69, 9.17) is 4.74 Å². The van der Waals surface area contributed by atoms with Gasteiger partial charge in [0.25, 0.3) is 0 Å². The van der Waals surface area contributed by atoms with Gasteiger partial charge < -0.3 is 14.7 Å². The Bertz CT molecular complexity index is 790. The van der Waals surface area contributed by atoms with E-state index in [0.29, 0.717) is 37.1 Å². The quantitative estimate of drug-likeness (QED) is 0.797. The van der Waals surface area contributed by atoms with Crippen molar-refractivity contribution in [3.05, 3.63) is 71.3 Å². The number of piperidine rings is 1. The first kappa shape index (κ1) is 21.2. The van der Waals surface area contributed by atoms with Gasteiger partial charge >= 0.3 is 6.09 Å². The molecule has 156 valence electrons. The maximum Gasteiger partial charge on any atom is 0.410 e. The fraction of sp³-hybridized carbons (Fsp3) is 0.435. The Kier molecular flexibility index (Phi) is 5.94. The number of benzene rings is 2. The van der Waals surface area contributed by atoms with Gasteiger partial charge in [-0.2, -0.15) is 0 Å². The predicted octanol–water partition coefficient (Wildman–Crippen LogP) is 4.85. The van der Waals surface area contributed by atoms with Gasteiger partial charge in [0.2, 0.25) is 0 Å². The summed E-state index contributed by atoms with van der Waals surface area (Å²) in [7, 11) is 0. The van der Waals surface area contributed by atoms with Crippen LogP contribution in [0.5, 0.6) is 0 Å². The van der Waals surface area contributed by atoms with E-state index < -0.39 is 22.8 Å². The number of nitrogens with zero attached hydrogens (tertiary/aromatic N) is 1. The Hall–Kier alpha value is -2.47. The fourth-order valence-electron chi connectivity index (χ4n) is 3.85. The van der Waals surface area contributed by atoms with E-state index in [-0.39, 0.29) is 12.0 Å². The molecule has 0 atom stereocenters. The zero-order valence-electron chi connectivity index (χ0n) is 17.0. The van der Waals surface area contributed by atoms with Crippen LogP contribution in [0.15, 0.2) is 48.5 Å². The third-order valence-corrected chi connectivity index (χ3v) is 5.31. The monoisotopic (exact) mass is 403 g/mol. The molecular formula is C23H27F2NO3. The molecule has 1 aliphatic rings. The number of halogens is 2. The van der Waals surface area contributed by atoms with Crippen molar-refractivity contribution < 1.29 is 23.4 Å². The second-order valence-corrected chi connectivity index (χ2v) is 8.52. The largest absolute Gasteiger partial charge is 0.444 e. The minimum absolute atomic E-state index is 0.225. The molecular weight excluding hydrogens is 376 g/mol. The van der Waals surface area contributed by atoms with Gasteiger partial charge in [-0.25, -0.2) is 13.6 Å². The number of carbonyl (C=O) groups is 1. The van der Waals surface area contributed by atoms with Crippen LogP contribution in [0.25, 0.3) is 0 Å². The van der Waals surface area contributed by atoms with Gasteiger partial charge in [0.1, 0.15) is 22.8 Å². The third kappa shape index (κ3) is 4.75. The molecule has 1 N–H and O–H groups in total. The van der Waals surface area contributed by atoms with Crippen LogP contribution in [0.2, 0.25) is 0 Å². The van der Waals surface area contributed by atoms with Crippen molar-refractivity contribution in [1.29, 1.82) is 0 Å². The maximum absolute atomic E-state index is 13.5. The Morgan fingerprint density at radius 3 is 1.72 bits per heavy atom. The van der Waals surface area contributed by atoms with Crippen LogP contribution in [0, 0.1) is 17.6 Å². The molecule has 1 heterocycles. The second kappa shape index (κ2) is 8.11. The molecule has 1 amide bonds. The lowest BCUT2D eigenvalue weighted by Crippen LogP contribution is -2.47. The van der Waals surface area contributed by atoms with Gasteiger partial charge in [-0.3, -0.25) is 0 Å². The SMILES string of the molecule is CC(C)(C)OC(=O)N1CCC(C(O)(c2ccc(F)cc2)c2ccc(F)cc2)CC1. The van der Waals surface area contributed by atoms with Gasteiger partial charge in [0, 0.05) is 13.1 Å². The molecule has 0 radical (unpaired) electrons. The number of rotatable bonds is 3. The lowest BCUT2D eigenvalue weighted by Gasteiger charge is -2.42. The van der Waals surface area contributed by atoms with Crippen LogP contribution < -0.4 is 0 Å². The molecule has 0 aliphatic carbocycles. The number of likely N-dealkylation sites (tertiary alicyclic amines) is 1. The molecule has 3 rings (SSSR count). The van der Waals surface area contributed by atoms with Crippen LogP contribution in [0.3, 0.4) is 0 Å². The Morgan fingerprint density at radius 2 is 1.34 bits per heavy atom. The average Bonchev–Trinajstić information content (AvgIpc) is 2.67. The van der Waals surface area contributed by atoms with E-state index in [2.05, 4.69) is 0 Å². The van der Waals surface area contributed by atoms with Crippen molar-refractivity contribution in [2.24, 2.45) is 5.92 Å². The standard InChI is InChI=1S/C23H27F2NO3/c1-22(2,3)29-21(27)26-14-12-18(13-15-26)23(28,16-4-8-19(24)9-5-16)17-6-10-20(25)11-7-17/h4-11,18,28H,12-15H2,1-3H3. The van der Waals surface area contributed by atoms with Crippen LogP contribution in [-0.2, 0) is 10.3 Å². The van der Waals surface area contributed by atoms with Crippen molar-refractivity contribution >= 4 is 6.09 Å². The molecule has 1 aliphatic heterocycles. The highest BCUT2D eigenvalue weighted by Gasteiger charge is 2.42. The average molecular weight is 403 g/mol. The molecule has 0 unspecified atom stereocenters. The van der Waals surface area contributed by atoms with Gasteiger partial charge in [-0.1, -0.05) is 24.3 Å². The normalized spacial score (nSPS) is 16.0. The predicted molar refractivity (Wildman–Crippen MR) is 106 cm³/mol. The summed E-state index contributed by atoms with van der Waals surface area (Å²) in [5, 5.41) is 11.8. The summed E-state index contributed by atoms with van der Waals surface area (Å²) < 4.78 is 32.4. The second-order valence-electron chi connectivity index (χ2n) is 8.52. The van der Waals surface area contributed by atoms with Gasteiger partial charge in [0.15, 0.2) is 0 Å². The molecule has 2 aromatic carbocycles. The molecule has 0 aromatic heterocycles. The van der Waals surface area contributed by atoms with Gasteiger partial charge in [-0.15, -0.1) is 0 Å². The molecule has 1 fully saturated rings. The molecule has 0 saturated carbocycles. The van der Waals surface area contributed by atoms with Crippen LogP contribution in [0.4, 0.5) is 13.6 Å². The van der Waals surface area contributed by atoms with E-state index in [1.807, 2.05) is 20.8 Å². The Morgan fingerprint density at radius 1 is 0.931 bits per heavy atom. The summed E-state index contributed by atoms with van der Waals surface area (Å²) in [4.78, 5) is 14.0. The van der Waals surface area contributed by atoms with Crippen LogP contribution in [0.1, 0.15) is 44.7 Å².